The first-order valence-electron chi connectivity index (χ1n) is 14.9. The standard InChI is InChI=1S/C30H44N4O4S.CH2O2/c1-22(2)32-26-18-24(19-27(20-26)34-15-9-10-16-39(34,37)38)30(36)33-28(17-23-11-5-3-6-12-23)29(35)21-31-25-13-7-4-8-14-25;2-1-3/h3,5-6,11-12,18-20,22,25,28-29,31-32,35H,4,7-10,13-17,21H2,1-2H3,(H,33,36);1H,(H,2,3)/t28-,29+;/m0./s1. The number of aliphatic hydroxyl groups is 1. The molecule has 1 aliphatic carbocycles. The molecule has 2 aliphatic rings. The van der Waals surface area contributed by atoms with E-state index in [9.17, 15) is 18.3 Å². The number of carboxylic acid groups (broad SMARTS) is 1. The summed E-state index contributed by atoms with van der Waals surface area (Å²) in [6.07, 6.45) is 7.01. The van der Waals surface area contributed by atoms with Crippen molar-refractivity contribution in [1.82, 2.24) is 10.6 Å². The van der Waals surface area contributed by atoms with Crippen molar-refractivity contribution in [1.29, 1.82) is 0 Å². The lowest BCUT2D eigenvalue weighted by atomic mass is 9.95. The maximum Gasteiger partial charge on any atom is 0.290 e. The topological polar surface area (TPSA) is 148 Å². The molecule has 0 radical (unpaired) electrons. The molecule has 5 N–H and O–H groups in total. The zero-order valence-electron chi connectivity index (χ0n) is 24.7. The van der Waals surface area contributed by atoms with Crippen molar-refractivity contribution in [2.45, 2.75) is 89.4 Å². The quantitative estimate of drug-likeness (QED) is 0.244. The van der Waals surface area contributed by atoms with Crippen LogP contribution in [-0.2, 0) is 21.2 Å². The van der Waals surface area contributed by atoms with Crippen LogP contribution in [0.3, 0.4) is 0 Å². The Balaban J connectivity index is 0.00000155. The van der Waals surface area contributed by atoms with E-state index < -0.39 is 22.2 Å². The van der Waals surface area contributed by atoms with Crippen molar-refractivity contribution in [3.05, 3.63) is 59.7 Å². The lowest BCUT2D eigenvalue weighted by Gasteiger charge is -2.30. The summed E-state index contributed by atoms with van der Waals surface area (Å²) in [6, 6.07) is 15.0. The van der Waals surface area contributed by atoms with Crippen LogP contribution >= 0.6 is 0 Å². The van der Waals surface area contributed by atoms with Crippen LogP contribution in [0.15, 0.2) is 48.5 Å². The van der Waals surface area contributed by atoms with Gasteiger partial charge in [-0.2, -0.15) is 0 Å². The van der Waals surface area contributed by atoms with E-state index in [2.05, 4.69) is 16.0 Å². The van der Waals surface area contributed by atoms with Crippen LogP contribution in [0.4, 0.5) is 11.4 Å². The summed E-state index contributed by atoms with van der Waals surface area (Å²) < 4.78 is 27.1. The molecule has 1 saturated heterocycles. The molecule has 1 heterocycles. The first kappa shape index (κ1) is 33.4. The molecule has 1 aliphatic heterocycles. The highest BCUT2D eigenvalue weighted by molar-refractivity contribution is 7.92. The fourth-order valence-corrected chi connectivity index (χ4v) is 7.14. The fourth-order valence-electron chi connectivity index (χ4n) is 5.52. The van der Waals surface area contributed by atoms with Crippen LogP contribution < -0.4 is 20.3 Å². The minimum absolute atomic E-state index is 0.104. The number of hydrogen-bond acceptors (Lipinski definition) is 7. The Kier molecular flexibility index (Phi) is 13.1. The summed E-state index contributed by atoms with van der Waals surface area (Å²) in [7, 11) is -3.43. The molecule has 232 valence electrons. The van der Waals surface area contributed by atoms with E-state index in [1.54, 1.807) is 18.2 Å². The fraction of sp³-hybridized carbons (Fsp3) is 0.548. The molecule has 0 unspecified atom stereocenters. The molecule has 4 rings (SSSR count). The van der Waals surface area contributed by atoms with E-state index in [1.165, 1.54) is 23.6 Å². The Morgan fingerprint density at radius 2 is 1.74 bits per heavy atom. The zero-order valence-corrected chi connectivity index (χ0v) is 25.5. The molecule has 1 saturated carbocycles. The number of carbonyl (C=O) groups is 2. The molecular formula is C31H46N4O6S. The van der Waals surface area contributed by atoms with E-state index >= 15 is 0 Å². The summed E-state index contributed by atoms with van der Waals surface area (Å²) >= 11 is 0. The highest BCUT2D eigenvalue weighted by Crippen LogP contribution is 2.28. The average Bonchev–Trinajstić information content (AvgIpc) is 2.96. The number of carbonyl (C=O) groups excluding carboxylic acids is 1. The lowest BCUT2D eigenvalue weighted by molar-refractivity contribution is -0.122. The van der Waals surface area contributed by atoms with Crippen LogP contribution in [0.5, 0.6) is 0 Å². The van der Waals surface area contributed by atoms with Gasteiger partial charge in [-0.05, 0) is 69.7 Å². The molecule has 0 spiro atoms. The van der Waals surface area contributed by atoms with E-state index in [-0.39, 0.29) is 24.2 Å². The first-order valence-corrected chi connectivity index (χ1v) is 16.5. The van der Waals surface area contributed by atoms with E-state index in [0.717, 1.165) is 24.8 Å². The molecule has 0 bridgehead atoms. The Labute approximate surface area is 249 Å². The third kappa shape index (κ3) is 10.3. The number of anilines is 2. The maximum absolute atomic E-state index is 13.7. The van der Waals surface area contributed by atoms with Gasteiger partial charge in [0.25, 0.3) is 12.4 Å². The highest BCUT2D eigenvalue weighted by atomic mass is 32.2. The second-order valence-electron chi connectivity index (χ2n) is 11.3. The molecular weight excluding hydrogens is 556 g/mol. The van der Waals surface area contributed by atoms with E-state index in [0.29, 0.717) is 48.9 Å². The van der Waals surface area contributed by atoms with Crippen molar-refractivity contribution < 1.29 is 28.2 Å². The number of amides is 1. The lowest BCUT2D eigenvalue weighted by Crippen LogP contribution is -2.50. The molecule has 42 heavy (non-hydrogen) atoms. The average molecular weight is 603 g/mol. The van der Waals surface area contributed by atoms with Crippen molar-refractivity contribution in [2.24, 2.45) is 0 Å². The molecule has 0 aromatic heterocycles. The molecule has 10 nitrogen and oxygen atoms in total. The van der Waals surface area contributed by atoms with Gasteiger partial charge in [-0.15, -0.1) is 0 Å². The van der Waals surface area contributed by atoms with Gasteiger partial charge in [0.05, 0.1) is 23.6 Å². The van der Waals surface area contributed by atoms with Crippen LogP contribution in [0, 0.1) is 0 Å². The number of hydrogen-bond donors (Lipinski definition) is 5. The SMILES string of the molecule is CC(C)Nc1cc(C(=O)N[C@@H](Cc2ccccc2)[C@H](O)CNC2CCCCC2)cc(N2CCCCS2(=O)=O)c1.O=CO. The van der Waals surface area contributed by atoms with Crippen LogP contribution in [0.2, 0.25) is 0 Å². The van der Waals surface area contributed by atoms with Gasteiger partial charge in [0.1, 0.15) is 0 Å². The third-order valence-corrected chi connectivity index (χ3v) is 9.44. The first-order chi connectivity index (χ1) is 20.1. The van der Waals surface area contributed by atoms with Gasteiger partial charge in [0, 0.05) is 36.4 Å². The largest absolute Gasteiger partial charge is 0.483 e. The molecule has 2 fully saturated rings. The van der Waals surface area contributed by atoms with Gasteiger partial charge < -0.3 is 26.2 Å². The van der Waals surface area contributed by atoms with E-state index in [1.807, 2.05) is 44.2 Å². The summed E-state index contributed by atoms with van der Waals surface area (Å²) in [5, 5.41) is 28.0. The Morgan fingerprint density at radius 1 is 1.05 bits per heavy atom. The molecule has 2 aromatic rings. The molecule has 2 atom stereocenters. The van der Waals surface area contributed by atoms with Crippen molar-refractivity contribution in [3.8, 4) is 0 Å². The van der Waals surface area contributed by atoms with Crippen LogP contribution in [-0.4, -0.2) is 74.1 Å². The van der Waals surface area contributed by atoms with Gasteiger partial charge in [-0.3, -0.25) is 13.9 Å². The normalized spacial score (nSPS) is 18.3. The molecule has 1 amide bonds. The van der Waals surface area contributed by atoms with E-state index in [4.69, 9.17) is 9.90 Å². The predicted octanol–water partition coefficient (Wildman–Crippen LogP) is 3.76. The number of benzene rings is 2. The molecule has 11 heteroatoms. The third-order valence-electron chi connectivity index (χ3n) is 7.57. The predicted molar refractivity (Wildman–Crippen MR) is 167 cm³/mol. The van der Waals surface area contributed by atoms with Gasteiger partial charge >= 0.3 is 0 Å². The number of sulfonamides is 1. The van der Waals surface area contributed by atoms with Crippen LogP contribution in [0.1, 0.15) is 74.7 Å². The Hall–Kier alpha value is -3.15. The second kappa shape index (κ2) is 16.5. The van der Waals surface area contributed by atoms with Crippen LogP contribution in [0.25, 0.3) is 0 Å². The minimum atomic E-state index is -3.43. The number of rotatable bonds is 11. The highest BCUT2D eigenvalue weighted by Gasteiger charge is 2.28. The zero-order chi connectivity index (χ0) is 30.5. The smallest absolute Gasteiger partial charge is 0.290 e. The van der Waals surface area contributed by atoms with Crippen molar-refractivity contribution >= 4 is 33.8 Å². The monoisotopic (exact) mass is 602 g/mol. The van der Waals surface area contributed by atoms with Gasteiger partial charge in [-0.1, -0.05) is 49.6 Å². The van der Waals surface area contributed by atoms with Gasteiger partial charge in [-0.25, -0.2) is 8.42 Å². The van der Waals surface area contributed by atoms with Crippen molar-refractivity contribution in [3.63, 3.8) is 0 Å². The summed E-state index contributed by atoms with van der Waals surface area (Å²) in [5.41, 5.74) is 2.56. The summed E-state index contributed by atoms with van der Waals surface area (Å²) in [4.78, 5) is 22.0. The number of nitrogens with one attached hydrogen (secondary N) is 3. The molecule has 2 aromatic carbocycles. The van der Waals surface area contributed by atoms with Gasteiger partial charge in [0.2, 0.25) is 10.0 Å². The van der Waals surface area contributed by atoms with Crippen molar-refractivity contribution in [2.75, 3.05) is 28.5 Å². The minimum Gasteiger partial charge on any atom is -0.483 e. The maximum atomic E-state index is 13.7. The summed E-state index contributed by atoms with van der Waals surface area (Å²) in [6.45, 7) is 4.54. The second-order valence-corrected chi connectivity index (χ2v) is 13.4. The Bertz CT molecular complexity index is 1240. The number of nitrogens with zero attached hydrogens (tertiary/aromatic N) is 1. The summed E-state index contributed by atoms with van der Waals surface area (Å²) in [5.74, 6) is -0.230. The Morgan fingerprint density at radius 3 is 2.38 bits per heavy atom. The number of aliphatic hydroxyl groups excluding tert-OH is 1. The van der Waals surface area contributed by atoms with Gasteiger partial charge in [0.15, 0.2) is 0 Å².